The minimum absolute atomic E-state index is 0.0364. The standard InChI is InChI=1S/C22H30N6O/c1-2-26-14-16-28(17-15-26)22(29)20-10-11-21(25-24-20)23-18-6-8-19(9-7-18)27-12-4-3-5-13-27/h6-11H,2-5,12-17H2,1H3,(H,23,25). The lowest BCUT2D eigenvalue weighted by atomic mass is 10.1. The molecule has 0 bridgehead atoms. The summed E-state index contributed by atoms with van der Waals surface area (Å²) < 4.78 is 0. The van der Waals surface area contributed by atoms with Crippen LogP contribution >= 0.6 is 0 Å². The first-order valence-corrected chi connectivity index (χ1v) is 10.7. The maximum absolute atomic E-state index is 12.6. The number of hydrogen-bond donors (Lipinski definition) is 1. The quantitative estimate of drug-likeness (QED) is 0.841. The summed E-state index contributed by atoms with van der Waals surface area (Å²) in [6.45, 7) is 8.79. The Hall–Kier alpha value is -2.67. The minimum atomic E-state index is -0.0364. The molecule has 2 aromatic rings. The summed E-state index contributed by atoms with van der Waals surface area (Å²) >= 11 is 0. The molecule has 0 saturated carbocycles. The molecule has 1 N–H and O–H groups in total. The molecule has 4 rings (SSSR count). The highest BCUT2D eigenvalue weighted by Gasteiger charge is 2.22. The van der Waals surface area contributed by atoms with Gasteiger partial charge in [-0.05, 0) is 62.2 Å². The van der Waals surface area contributed by atoms with Crippen LogP contribution in [0.4, 0.5) is 17.2 Å². The van der Waals surface area contributed by atoms with E-state index in [1.165, 1.54) is 24.9 Å². The first-order valence-electron chi connectivity index (χ1n) is 10.7. The smallest absolute Gasteiger partial charge is 0.274 e. The van der Waals surface area contributed by atoms with E-state index in [0.717, 1.165) is 51.5 Å². The highest BCUT2D eigenvalue weighted by atomic mass is 16.2. The number of aromatic nitrogens is 2. The number of anilines is 3. The lowest BCUT2D eigenvalue weighted by molar-refractivity contribution is 0.0636. The maximum atomic E-state index is 12.6. The second kappa shape index (κ2) is 9.22. The Bertz CT molecular complexity index is 793. The van der Waals surface area contributed by atoms with Gasteiger partial charge in [-0.25, -0.2) is 0 Å². The maximum Gasteiger partial charge on any atom is 0.274 e. The third kappa shape index (κ3) is 4.85. The Labute approximate surface area is 172 Å². The molecule has 7 heteroatoms. The molecule has 0 radical (unpaired) electrons. The number of hydrogen-bond acceptors (Lipinski definition) is 6. The lowest BCUT2D eigenvalue weighted by Gasteiger charge is -2.33. The Kier molecular flexibility index (Phi) is 6.24. The van der Waals surface area contributed by atoms with Crippen LogP contribution in [0, 0.1) is 0 Å². The van der Waals surface area contributed by atoms with Crippen molar-refractivity contribution in [3.8, 4) is 0 Å². The van der Waals surface area contributed by atoms with Gasteiger partial charge >= 0.3 is 0 Å². The third-order valence-electron chi connectivity index (χ3n) is 5.85. The van der Waals surface area contributed by atoms with E-state index < -0.39 is 0 Å². The van der Waals surface area contributed by atoms with Crippen LogP contribution in [0.2, 0.25) is 0 Å². The minimum Gasteiger partial charge on any atom is -0.372 e. The zero-order valence-electron chi connectivity index (χ0n) is 17.2. The van der Waals surface area contributed by atoms with Gasteiger partial charge in [0.25, 0.3) is 5.91 Å². The van der Waals surface area contributed by atoms with Crippen molar-refractivity contribution in [2.75, 3.05) is 56.0 Å². The summed E-state index contributed by atoms with van der Waals surface area (Å²) in [7, 11) is 0. The number of piperazine rings is 1. The van der Waals surface area contributed by atoms with E-state index >= 15 is 0 Å². The second-order valence-electron chi connectivity index (χ2n) is 7.75. The first kappa shape index (κ1) is 19.6. The van der Waals surface area contributed by atoms with Crippen LogP contribution in [0.3, 0.4) is 0 Å². The molecule has 154 valence electrons. The number of piperidine rings is 1. The highest BCUT2D eigenvalue weighted by Crippen LogP contribution is 2.23. The van der Waals surface area contributed by atoms with Gasteiger partial charge in [0.15, 0.2) is 11.5 Å². The third-order valence-corrected chi connectivity index (χ3v) is 5.85. The molecule has 3 heterocycles. The second-order valence-corrected chi connectivity index (χ2v) is 7.75. The van der Waals surface area contributed by atoms with E-state index in [4.69, 9.17) is 0 Å². The Morgan fingerprint density at radius 2 is 1.62 bits per heavy atom. The number of nitrogens with one attached hydrogen (secondary N) is 1. The topological polar surface area (TPSA) is 64.6 Å². The Morgan fingerprint density at radius 3 is 2.24 bits per heavy atom. The predicted molar refractivity (Wildman–Crippen MR) is 116 cm³/mol. The summed E-state index contributed by atoms with van der Waals surface area (Å²) in [4.78, 5) is 19.3. The van der Waals surface area contributed by atoms with Crippen LogP contribution in [-0.2, 0) is 0 Å². The van der Waals surface area contributed by atoms with E-state index in [2.05, 4.69) is 56.5 Å². The van der Waals surface area contributed by atoms with E-state index in [1.807, 2.05) is 11.0 Å². The zero-order valence-corrected chi connectivity index (χ0v) is 17.2. The van der Waals surface area contributed by atoms with Gasteiger partial charge in [0.1, 0.15) is 0 Å². The number of amides is 1. The predicted octanol–water partition coefficient (Wildman–Crippen LogP) is 2.99. The van der Waals surface area contributed by atoms with E-state index in [0.29, 0.717) is 11.5 Å². The molecule has 2 aliphatic rings. The van der Waals surface area contributed by atoms with Gasteiger partial charge in [-0.3, -0.25) is 4.79 Å². The molecule has 7 nitrogen and oxygen atoms in total. The zero-order chi connectivity index (χ0) is 20.1. The van der Waals surface area contributed by atoms with Crippen molar-refractivity contribution >= 4 is 23.1 Å². The Morgan fingerprint density at radius 1 is 0.897 bits per heavy atom. The number of nitrogens with zero attached hydrogens (tertiary/aromatic N) is 5. The van der Waals surface area contributed by atoms with E-state index in [1.54, 1.807) is 6.07 Å². The molecule has 0 unspecified atom stereocenters. The summed E-state index contributed by atoms with van der Waals surface area (Å²) in [5, 5.41) is 11.6. The molecular formula is C22H30N6O. The summed E-state index contributed by atoms with van der Waals surface area (Å²) in [6.07, 6.45) is 3.88. The molecule has 0 spiro atoms. The molecule has 1 aromatic heterocycles. The van der Waals surface area contributed by atoms with Crippen molar-refractivity contribution in [3.05, 3.63) is 42.1 Å². The van der Waals surface area contributed by atoms with Crippen molar-refractivity contribution in [1.82, 2.24) is 20.0 Å². The average molecular weight is 395 g/mol. The number of rotatable bonds is 5. The van der Waals surface area contributed by atoms with Crippen LogP contribution in [0.15, 0.2) is 36.4 Å². The van der Waals surface area contributed by atoms with Gasteiger partial charge in [-0.1, -0.05) is 6.92 Å². The molecule has 1 amide bonds. The van der Waals surface area contributed by atoms with Gasteiger partial charge in [0.2, 0.25) is 0 Å². The fourth-order valence-corrected chi connectivity index (χ4v) is 4.00. The molecule has 2 aliphatic heterocycles. The molecule has 0 atom stereocenters. The average Bonchev–Trinajstić information content (AvgIpc) is 2.80. The van der Waals surface area contributed by atoms with Gasteiger partial charge in [-0.2, -0.15) is 0 Å². The van der Waals surface area contributed by atoms with Crippen molar-refractivity contribution < 1.29 is 4.79 Å². The van der Waals surface area contributed by atoms with Gasteiger partial charge < -0.3 is 20.0 Å². The van der Waals surface area contributed by atoms with Crippen molar-refractivity contribution in [3.63, 3.8) is 0 Å². The normalized spacial score (nSPS) is 18.0. The van der Waals surface area contributed by atoms with Crippen molar-refractivity contribution in [2.24, 2.45) is 0 Å². The fourth-order valence-electron chi connectivity index (χ4n) is 4.00. The van der Waals surface area contributed by atoms with Gasteiger partial charge in [-0.15, -0.1) is 10.2 Å². The highest BCUT2D eigenvalue weighted by molar-refractivity contribution is 5.92. The molecule has 2 saturated heterocycles. The summed E-state index contributed by atoms with van der Waals surface area (Å²) in [6, 6.07) is 12.0. The Balaban J connectivity index is 1.34. The number of carbonyl (C=O) groups is 1. The molecular weight excluding hydrogens is 364 g/mol. The SMILES string of the molecule is CCN1CCN(C(=O)c2ccc(Nc3ccc(N4CCCCC4)cc3)nn2)CC1. The summed E-state index contributed by atoms with van der Waals surface area (Å²) in [5.74, 6) is 0.605. The summed E-state index contributed by atoms with van der Waals surface area (Å²) in [5.41, 5.74) is 2.64. The van der Waals surface area contributed by atoms with Crippen LogP contribution in [0.1, 0.15) is 36.7 Å². The molecule has 0 aliphatic carbocycles. The van der Waals surface area contributed by atoms with Crippen molar-refractivity contribution in [2.45, 2.75) is 26.2 Å². The number of carbonyl (C=O) groups excluding carboxylic acids is 1. The largest absolute Gasteiger partial charge is 0.372 e. The van der Waals surface area contributed by atoms with E-state index in [-0.39, 0.29) is 5.91 Å². The molecule has 29 heavy (non-hydrogen) atoms. The van der Waals surface area contributed by atoms with Gasteiger partial charge in [0.05, 0.1) is 0 Å². The number of benzene rings is 1. The van der Waals surface area contributed by atoms with Crippen molar-refractivity contribution in [1.29, 1.82) is 0 Å². The van der Waals surface area contributed by atoms with E-state index in [9.17, 15) is 4.79 Å². The first-order chi connectivity index (χ1) is 14.2. The van der Waals surface area contributed by atoms with Crippen LogP contribution in [0.25, 0.3) is 0 Å². The molecule has 2 fully saturated rings. The van der Waals surface area contributed by atoms with Crippen LogP contribution in [-0.4, -0.2) is 71.7 Å². The lowest BCUT2D eigenvalue weighted by Crippen LogP contribution is -2.48. The monoisotopic (exact) mass is 394 g/mol. The fraction of sp³-hybridized carbons (Fsp3) is 0.500. The van der Waals surface area contributed by atoms with Crippen LogP contribution in [0.5, 0.6) is 0 Å². The van der Waals surface area contributed by atoms with Gasteiger partial charge in [0, 0.05) is 50.6 Å². The number of likely N-dealkylation sites (N-methyl/N-ethyl adjacent to an activating group) is 1. The van der Waals surface area contributed by atoms with Crippen LogP contribution < -0.4 is 10.2 Å². The molecule has 1 aromatic carbocycles.